The zero-order valence-corrected chi connectivity index (χ0v) is 19.5. The summed E-state index contributed by atoms with van der Waals surface area (Å²) < 4.78 is 5.61. The second-order valence-electron chi connectivity index (χ2n) is 8.39. The average Bonchev–Trinajstić information content (AvgIpc) is 2.80. The average molecular weight is 446 g/mol. The zero-order chi connectivity index (χ0) is 23.0. The Hall–Kier alpha value is -2.18. The van der Waals surface area contributed by atoms with Crippen molar-refractivity contribution in [2.24, 2.45) is 0 Å². The Kier molecular flexibility index (Phi) is 12.7. The molecule has 1 heterocycles. The number of unbranched alkanes of at least 4 members (excludes halogenated alkanes) is 6. The van der Waals surface area contributed by atoms with Crippen LogP contribution in [0.3, 0.4) is 0 Å². The minimum Gasteiger partial charge on any atom is -0.481 e. The number of aliphatic carboxylic acids is 1. The molecule has 1 N–H and O–H groups in total. The van der Waals surface area contributed by atoms with Gasteiger partial charge in [0.2, 0.25) is 0 Å². The highest BCUT2D eigenvalue weighted by Crippen LogP contribution is 2.18. The molecule has 1 atom stereocenters. The Morgan fingerprint density at radius 3 is 2.72 bits per heavy atom. The summed E-state index contributed by atoms with van der Waals surface area (Å²) in [7, 11) is 0. The van der Waals surface area contributed by atoms with Crippen LogP contribution in [0.1, 0.15) is 99.9 Å². The summed E-state index contributed by atoms with van der Waals surface area (Å²) >= 11 is 0. The van der Waals surface area contributed by atoms with Gasteiger partial charge < -0.3 is 9.84 Å². The minimum atomic E-state index is -0.885. The fourth-order valence-electron chi connectivity index (χ4n) is 3.69. The van der Waals surface area contributed by atoms with Crippen LogP contribution < -0.4 is 0 Å². The number of nitrogens with zero attached hydrogens (tertiary/aromatic N) is 1. The van der Waals surface area contributed by atoms with E-state index in [1.54, 1.807) is 6.07 Å². The molecule has 0 bridgehead atoms. The summed E-state index contributed by atoms with van der Waals surface area (Å²) in [5, 5.41) is 10.2. The molecule has 1 saturated heterocycles. The number of hydrogen-bond donors (Lipinski definition) is 1. The van der Waals surface area contributed by atoms with Gasteiger partial charge in [0.05, 0.1) is 0 Å². The van der Waals surface area contributed by atoms with E-state index in [4.69, 9.17) is 14.7 Å². The number of carboxylic acids is 1. The summed E-state index contributed by atoms with van der Waals surface area (Å²) in [6.07, 6.45) is 15.5. The number of ether oxygens (including phenoxy) is 1. The molecule has 32 heavy (non-hydrogen) atoms. The first-order valence-corrected chi connectivity index (χ1v) is 12.2. The van der Waals surface area contributed by atoms with Crippen molar-refractivity contribution in [3.8, 4) is 0 Å². The van der Waals surface area contributed by atoms with Crippen molar-refractivity contribution in [2.75, 3.05) is 13.2 Å². The third-order valence-electron chi connectivity index (χ3n) is 5.53. The molecule has 0 aromatic heterocycles. The van der Waals surface area contributed by atoms with Gasteiger partial charge in [-0.25, -0.2) is 9.90 Å². The van der Waals surface area contributed by atoms with Crippen LogP contribution in [0.2, 0.25) is 0 Å². The van der Waals surface area contributed by atoms with Gasteiger partial charge in [-0.1, -0.05) is 63.3 Å². The number of carboxylic acid groups (broad SMARTS) is 1. The fraction of sp³-hybridized carbons (Fsp3) is 0.615. The van der Waals surface area contributed by atoms with Crippen molar-refractivity contribution in [1.82, 2.24) is 5.06 Å². The van der Waals surface area contributed by atoms with Crippen LogP contribution in [0, 0.1) is 0 Å². The van der Waals surface area contributed by atoms with E-state index >= 15 is 0 Å². The van der Waals surface area contributed by atoms with E-state index in [9.17, 15) is 9.59 Å². The van der Waals surface area contributed by atoms with Gasteiger partial charge in [-0.05, 0) is 49.8 Å². The van der Waals surface area contributed by atoms with E-state index in [1.165, 1.54) is 43.6 Å². The number of rotatable bonds is 15. The molecule has 0 saturated carbocycles. The molecular weight excluding hydrogens is 406 g/mol. The maximum absolute atomic E-state index is 13.1. The SMILES string of the molecule is CCCCCCCCC=Cc1cccc(C(=O)N(CCCC(=O)O)OC2CCCCO2)c1. The normalized spacial score (nSPS) is 16.3. The summed E-state index contributed by atoms with van der Waals surface area (Å²) in [5.74, 6) is -1.15. The minimum absolute atomic E-state index is 0.0140. The van der Waals surface area contributed by atoms with E-state index in [1.807, 2.05) is 18.2 Å². The predicted octanol–water partition coefficient (Wildman–Crippen LogP) is 6.22. The van der Waals surface area contributed by atoms with Crippen LogP contribution in [0.5, 0.6) is 0 Å². The Morgan fingerprint density at radius 1 is 1.16 bits per heavy atom. The molecule has 1 amide bonds. The topological polar surface area (TPSA) is 76.1 Å². The molecule has 1 aromatic carbocycles. The summed E-state index contributed by atoms with van der Waals surface area (Å²) in [4.78, 5) is 29.8. The second-order valence-corrected chi connectivity index (χ2v) is 8.39. The lowest BCUT2D eigenvalue weighted by molar-refractivity contribution is -0.267. The van der Waals surface area contributed by atoms with Crippen LogP contribution in [-0.2, 0) is 14.4 Å². The molecule has 0 aliphatic carbocycles. The summed E-state index contributed by atoms with van der Waals surface area (Å²) in [5.41, 5.74) is 1.50. The van der Waals surface area contributed by atoms with Gasteiger partial charge in [-0.3, -0.25) is 9.59 Å². The monoisotopic (exact) mass is 445 g/mol. The lowest BCUT2D eigenvalue weighted by Gasteiger charge is -2.29. The first kappa shape index (κ1) is 26.1. The first-order valence-electron chi connectivity index (χ1n) is 12.2. The highest BCUT2D eigenvalue weighted by Gasteiger charge is 2.23. The number of carbonyl (C=O) groups excluding carboxylic acids is 1. The largest absolute Gasteiger partial charge is 0.481 e. The molecular formula is C26H39NO5. The van der Waals surface area contributed by atoms with Crippen LogP contribution >= 0.6 is 0 Å². The molecule has 178 valence electrons. The summed E-state index contributed by atoms with van der Waals surface area (Å²) in [6.45, 7) is 3.05. The number of allylic oxidation sites excluding steroid dienone is 1. The van der Waals surface area contributed by atoms with Crippen LogP contribution in [0.25, 0.3) is 6.08 Å². The zero-order valence-electron chi connectivity index (χ0n) is 19.5. The van der Waals surface area contributed by atoms with E-state index < -0.39 is 12.3 Å². The Labute approximate surface area is 192 Å². The predicted molar refractivity (Wildman–Crippen MR) is 126 cm³/mol. The third kappa shape index (κ3) is 10.4. The van der Waals surface area contributed by atoms with Gasteiger partial charge in [0, 0.05) is 31.6 Å². The van der Waals surface area contributed by atoms with Crippen molar-refractivity contribution in [1.29, 1.82) is 0 Å². The van der Waals surface area contributed by atoms with E-state index in [2.05, 4.69) is 19.1 Å². The molecule has 2 rings (SSSR count). The molecule has 1 aliphatic rings. The van der Waals surface area contributed by atoms with E-state index in [0.29, 0.717) is 18.6 Å². The van der Waals surface area contributed by atoms with E-state index in [-0.39, 0.29) is 18.9 Å². The van der Waals surface area contributed by atoms with Gasteiger partial charge in [0.15, 0.2) is 6.29 Å². The van der Waals surface area contributed by atoms with Crippen molar-refractivity contribution in [2.45, 2.75) is 90.3 Å². The molecule has 6 heteroatoms. The molecule has 1 aliphatic heterocycles. The number of benzene rings is 1. The summed E-state index contributed by atoms with van der Waals surface area (Å²) in [6, 6.07) is 7.47. The maximum atomic E-state index is 13.1. The molecule has 6 nitrogen and oxygen atoms in total. The van der Waals surface area contributed by atoms with Crippen molar-refractivity contribution >= 4 is 18.0 Å². The Morgan fingerprint density at radius 2 is 1.97 bits per heavy atom. The van der Waals surface area contributed by atoms with Gasteiger partial charge in [-0.2, -0.15) is 0 Å². The van der Waals surface area contributed by atoms with Crippen LogP contribution in [0.4, 0.5) is 0 Å². The van der Waals surface area contributed by atoms with Crippen LogP contribution in [-0.4, -0.2) is 41.5 Å². The quantitative estimate of drug-likeness (QED) is 0.256. The van der Waals surface area contributed by atoms with E-state index in [0.717, 1.165) is 31.2 Å². The molecule has 0 radical (unpaired) electrons. The lowest BCUT2D eigenvalue weighted by Crippen LogP contribution is -2.38. The lowest BCUT2D eigenvalue weighted by atomic mass is 10.1. The van der Waals surface area contributed by atoms with Gasteiger partial charge in [0.25, 0.3) is 5.91 Å². The molecule has 0 spiro atoms. The maximum Gasteiger partial charge on any atom is 0.303 e. The van der Waals surface area contributed by atoms with Gasteiger partial charge in [-0.15, -0.1) is 0 Å². The highest BCUT2D eigenvalue weighted by molar-refractivity contribution is 5.94. The second kappa shape index (κ2) is 15.6. The van der Waals surface area contributed by atoms with Crippen molar-refractivity contribution in [3.63, 3.8) is 0 Å². The van der Waals surface area contributed by atoms with Gasteiger partial charge in [0.1, 0.15) is 0 Å². The fourth-order valence-corrected chi connectivity index (χ4v) is 3.69. The van der Waals surface area contributed by atoms with Crippen molar-refractivity contribution in [3.05, 3.63) is 41.5 Å². The smallest absolute Gasteiger partial charge is 0.303 e. The highest BCUT2D eigenvalue weighted by atomic mass is 16.8. The number of carbonyl (C=O) groups is 2. The molecule has 1 unspecified atom stereocenters. The van der Waals surface area contributed by atoms with Crippen LogP contribution in [0.15, 0.2) is 30.3 Å². The Balaban J connectivity index is 1.92. The standard InChI is InChI=1S/C26H39NO5/c1-2-3-4-5-6-7-8-9-14-22-15-12-16-23(21-22)26(30)27(19-13-17-24(28)29)32-25-18-10-11-20-31-25/h9,12,14-16,21,25H,2-8,10-11,13,17-20H2,1H3,(H,28,29). The number of amides is 1. The van der Waals surface area contributed by atoms with Crippen molar-refractivity contribution < 1.29 is 24.3 Å². The van der Waals surface area contributed by atoms with Gasteiger partial charge >= 0.3 is 5.97 Å². The number of hydroxylamine groups is 2. The molecule has 1 fully saturated rings. The molecule has 1 aromatic rings. The third-order valence-corrected chi connectivity index (χ3v) is 5.53. The number of hydrogen-bond acceptors (Lipinski definition) is 4. The Bertz CT molecular complexity index is 712. The first-order chi connectivity index (χ1) is 15.6.